The minimum absolute atomic E-state index is 0.104. The zero-order valence-electron chi connectivity index (χ0n) is 13.4. The number of aromatic nitrogens is 2. The highest BCUT2D eigenvalue weighted by Crippen LogP contribution is 2.42. The number of ether oxygens (including phenoxy) is 1. The van der Waals surface area contributed by atoms with Crippen LogP contribution in [0.15, 0.2) is 6.20 Å². The fourth-order valence-electron chi connectivity index (χ4n) is 3.13. The molecule has 0 bridgehead atoms. The number of carboxylic acids is 1. The lowest BCUT2D eigenvalue weighted by molar-refractivity contribution is -0.151. The maximum atomic E-state index is 12.5. The van der Waals surface area contributed by atoms with Gasteiger partial charge in [-0.25, -0.2) is 4.79 Å². The van der Waals surface area contributed by atoms with Crippen LogP contribution in [0.4, 0.5) is 10.5 Å². The molecular formula is C15H22N4O4. The molecule has 1 aliphatic carbocycles. The van der Waals surface area contributed by atoms with Crippen LogP contribution in [0.5, 0.6) is 0 Å². The molecule has 1 atom stereocenters. The number of carbonyl (C=O) groups is 2. The van der Waals surface area contributed by atoms with Crippen LogP contribution in [0.2, 0.25) is 0 Å². The summed E-state index contributed by atoms with van der Waals surface area (Å²) in [6, 6.07) is -0.279. The van der Waals surface area contributed by atoms with Crippen molar-refractivity contribution in [2.75, 3.05) is 32.1 Å². The van der Waals surface area contributed by atoms with Crippen molar-refractivity contribution in [3.63, 3.8) is 0 Å². The van der Waals surface area contributed by atoms with Gasteiger partial charge in [-0.3, -0.25) is 9.48 Å². The molecular weight excluding hydrogens is 300 g/mol. The molecule has 0 aromatic carbocycles. The predicted molar refractivity (Wildman–Crippen MR) is 82.3 cm³/mol. The lowest BCUT2D eigenvalue weighted by Crippen LogP contribution is -2.41. The minimum Gasteiger partial charge on any atom is -0.481 e. The molecule has 0 spiro atoms. The maximum absolute atomic E-state index is 12.5. The number of nitrogens with zero attached hydrogens (tertiary/aromatic N) is 3. The van der Waals surface area contributed by atoms with Crippen LogP contribution in [0.1, 0.15) is 30.9 Å². The van der Waals surface area contributed by atoms with Crippen molar-refractivity contribution in [2.45, 2.75) is 25.2 Å². The van der Waals surface area contributed by atoms with Crippen LogP contribution in [-0.4, -0.2) is 58.6 Å². The number of carbonyl (C=O) groups excluding carboxylic acids is 1. The molecule has 8 nitrogen and oxygen atoms in total. The number of nitrogens with one attached hydrogen (secondary N) is 1. The van der Waals surface area contributed by atoms with E-state index >= 15 is 0 Å². The molecule has 23 heavy (non-hydrogen) atoms. The monoisotopic (exact) mass is 322 g/mol. The maximum Gasteiger partial charge on any atom is 0.321 e. The van der Waals surface area contributed by atoms with Crippen molar-refractivity contribution in [3.8, 4) is 0 Å². The smallest absolute Gasteiger partial charge is 0.321 e. The van der Waals surface area contributed by atoms with Crippen LogP contribution >= 0.6 is 0 Å². The Kier molecular flexibility index (Phi) is 4.01. The fourth-order valence-corrected chi connectivity index (χ4v) is 3.13. The largest absolute Gasteiger partial charge is 0.481 e. The van der Waals surface area contributed by atoms with Crippen molar-refractivity contribution in [1.29, 1.82) is 0 Å². The van der Waals surface area contributed by atoms with Gasteiger partial charge in [0.1, 0.15) is 5.41 Å². The Morgan fingerprint density at radius 3 is 2.87 bits per heavy atom. The third-order valence-corrected chi connectivity index (χ3v) is 4.58. The summed E-state index contributed by atoms with van der Waals surface area (Å²) in [4.78, 5) is 25.6. The quantitative estimate of drug-likeness (QED) is 0.850. The minimum atomic E-state index is -1.01. The van der Waals surface area contributed by atoms with E-state index in [0.29, 0.717) is 18.9 Å². The number of aryl methyl sites for hydroxylation is 1. The number of hydrogen-bond donors (Lipinski definition) is 2. The zero-order valence-corrected chi connectivity index (χ0v) is 13.4. The summed E-state index contributed by atoms with van der Waals surface area (Å²) in [6.45, 7) is 0.661. The van der Waals surface area contributed by atoms with E-state index in [4.69, 9.17) is 4.74 Å². The summed E-state index contributed by atoms with van der Waals surface area (Å²) in [5, 5.41) is 16.8. The molecule has 3 rings (SSSR count). The van der Waals surface area contributed by atoms with E-state index in [2.05, 4.69) is 10.4 Å². The van der Waals surface area contributed by atoms with Crippen LogP contribution < -0.4 is 5.32 Å². The number of hydrogen-bond acceptors (Lipinski definition) is 4. The van der Waals surface area contributed by atoms with Gasteiger partial charge in [-0.2, -0.15) is 5.10 Å². The van der Waals surface area contributed by atoms with Gasteiger partial charge >= 0.3 is 12.0 Å². The second-order valence-corrected chi connectivity index (χ2v) is 6.50. The van der Waals surface area contributed by atoms with Gasteiger partial charge in [-0.1, -0.05) is 0 Å². The summed E-state index contributed by atoms with van der Waals surface area (Å²) < 4.78 is 6.74. The van der Waals surface area contributed by atoms with E-state index in [-0.39, 0.29) is 19.2 Å². The molecule has 1 saturated heterocycles. The number of methoxy groups -OCH3 is 1. The van der Waals surface area contributed by atoms with Crippen LogP contribution in [0.3, 0.4) is 0 Å². The summed E-state index contributed by atoms with van der Waals surface area (Å²) in [5.41, 5.74) is 0.626. The number of likely N-dealkylation sites (tertiary alicyclic amines) is 1. The van der Waals surface area contributed by atoms with Crippen molar-refractivity contribution in [2.24, 2.45) is 12.5 Å². The highest BCUT2D eigenvalue weighted by molar-refractivity contribution is 5.91. The Morgan fingerprint density at radius 1 is 1.52 bits per heavy atom. The van der Waals surface area contributed by atoms with E-state index in [0.717, 1.165) is 24.2 Å². The molecule has 0 radical (unpaired) electrons. The Labute approximate surface area is 134 Å². The normalized spacial score (nSPS) is 24.0. The van der Waals surface area contributed by atoms with E-state index < -0.39 is 11.4 Å². The number of urea groups is 1. The number of amides is 2. The third-order valence-electron chi connectivity index (χ3n) is 4.58. The van der Waals surface area contributed by atoms with Gasteiger partial charge in [0, 0.05) is 39.4 Å². The Hall–Kier alpha value is -2.09. The molecule has 2 heterocycles. The summed E-state index contributed by atoms with van der Waals surface area (Å²) in [5.74, 6) is -0.494. The van der Waals surface area contributed by atoms with Crippen LogP contribution in [0.25, 0.3) is 0 Å². The topological polar surface area (TPSA) is 96.7 Å². The Bertz CT molecular complexity index is 625. The first-order chi connectivity index (χ1) is 10.9. The molecule has 1 aromatic rings. The van der Waals surface area contributed by atoms with Crippen molar-refractivity contribution >= 4 is 17.7 Å². The molecule has 1 aliphatic heterocycles. The number of aliphatic carboxylic acids is 1. The average Bonchev–Trinajstić information content (AvgIpc) is 3.14. The van der Waals surface area contributed by atoms with Crippen LogP contribution in [-0.2, 0) is 16.6 Å². The molecule has 2 fully saturated rings. The van der Waals surface area contributed by atoms with Crippen LogP contribution in [0, 0.1) is 5.41 Å². The number of anilines is 1. The third kappa shape index (κ3) is 3.03. The lowest BCUT2D eigenvalue weighted by atomic mass is 9.88. The van der Waals surface area contributed by atoms with E-state index in [1.807, 2.05) is 7.05 Å². The number of rotatable bonds is 5. The first-order valence-electron chi connectivity index (χ1n) is 7.77. The molecule has 1 aromatic heterocycles. The van der Waals surface area contributed by atoms with Crippen molar-refractivity contribution in [1.82, 2.24) is 14.7 Å². The molecule has 2 amide bonds. The SMILES string of the molecule is COCC1(C(=O)O)CCN(C(=O)Nc2cn(C)nc2C2CC2)C1. The number of carboxylic acid groups (broad SMARTS) is 1. The van der Waals surface area contributed by atoms with Gasteiger partial charge in [0.2, 0.25) is 0 Å². The molecule has 1 unspecified atom stereocenters. The van der Waals surface area contributed by atoms with Gasteiger partial charge in [0.15, 0.2) is 0 Å². The zero-order chi connectivity index (χ0) is 16.6. The lowest BCUT2D eigenvalue weighted by Gasteiger charge is -2.23. The van der Waals surface area contributed by atoms with E-state index in [1.165, 1.54) is 12.0 Å². The predicted octanol–water partition coefficient (Wildman–Crippen LogP) is 1.25. The molecule has 2 aliphatic rings. The van der Waals surface area contributed by atoms with Gasteiger partial charge in [0.25, 0.3) is 0 Å². The average molecular weight is 322 g/mol. The summed E-state index contributed by atoms with van der Waals surface area (Å²) in [6.07, 6.45) is 4.38. The van der Waals surface area contributed by atoms with Gasteiger partial charge in [0.05, 0.1) is 18.0 Å². The molecule has 8 heteroatoms. The first-order valence-corrected chi connectivity index (χ1v) is 7.77. The van der Waals surface area contributed by atoms with E-state index in [9.17, 15) is 14.7 Å². The van der Waals surface area contributed by atoms with Crippen molar-refractivity contribution < 1.29 is 19.4 Å². The van der Waals surface area contributed by atoms with Crippen molar-refractivity contribution in [3.05, 3.63) is 11.9 Å². The van der Waals surface area contributed by atoms with Gasteiger partial charge < -0.3 is 20.1 Å². The van der Waals surface area contributed by atoms with Gasteiger partial charge in [-0.05, 0) is 19.3 Å². The highest BCUT2D eigenvalue weighted by atomic mass is 16.5. The molecule has 1 saturated carbocycles. The van der Waals surface area contributed by atoms with Gasteiger partial charge in [-0.15, -0.1) is 0 Å². The highest BCUT2D eigenvalue weighted by Gasteiger charge is 2.46. The summed E-state index contributed by atoms with van der Waals surface area (Å²) >= 11 is 0. The summed E-state index contributed by atoms with van der Waals surface area (Å²) in [7, 11) is 3.30. The van der Waals surface area contributed by atoms with E-state index in [1.54, 1.807) is 10.9 Å². The Morgan fingerprint density at radius 2 is 2.26 bits per heavy atom. The fraction of sp³-hybridized carbons (Fsp3) is 0.667. The Balaban J connectivity index is 1.69. The second-order valence-electron chi connectivity index (χ2n) is 6.50. The molecule has 126 valence electrons. The molecule has 2 N–H and O–H groups in total. The second kappa shape index (κ2) is 5.84. The first kappa shape index (κ1) is 15.8. The standard InChI is InChI=1S/C15H22N4O4/c1-18-7-11(12(17-18)10-3-4-10)16-14(22)19-6-5-15(8-19,9-23-2)13(20)21/h7,10H,3-6,8-9H2,1-2H3,(H,16,22)(H,20,21).